The molecule has 120 valence electrons. The monoisotopic (exact) mass is 315 g/mol. The van der Waals surface area contributed by atoms with Crippen LogP contribution >= 0.6 is 0 Å². The lowest BCUT2D eigenvalue weighted by Crippen LogP contribution is -2.28. The summed E-state index contributed by atoms with van der Waals surface area (Å²) in [6, 6.07) is 9.76. The van der Waals surface area contributed by atoms with E-state index in [1.54, 1.807) is 6.21 Å². The number of amides is 1. The zero-order chi connectivity index (χ0) is 16.7. The largest absolute Gasteiger partial charge is 0.342 e. The van der Waals surface area contributed by atoms with Gasteiger partial charge in [0.25, 0.3) is 5.56 Å². The van der Waals surface area contributed by atoms with Crippen molar-refractivity contribution < 1.29 is 4.79 Å². The molecule has 0 radical (unpaired) electrons. The van der Waals surface area contributed by atoms with Gasteiger partial charge in [0, 0.05) is 25.0 Å². The maximum atomic E-state index is 11.7. The maximum absolute atomic E-state index is 11.7. The zero-order valence-electron chi connectivity index (χ0n) is 12.6. The first-order chi connectivity index (χ1) is 11.1. The van der Waals surface area contributed by atoms with E-state index in [-0.39, 0.29) is 30.4 Å². The first-order valence-electron chi connectivity index (χ1n) is 7.11. The van der Waals surface area contributed by atoms with Gasteiger partial charge in [0.15, 0.2) is 0 Å². The van der Waals surface area contributed by atoms with Gasteiger partial charge in [-0.3, -0.25) is 14.6 Å². The Morgan fingerprint density at radius 1 is 1.35 bits per heavy atom. The number of aromatic amines is 2. The molecule has 8 heteroatoms. The highest BCUT2D eigenvalue weighted by Gasteiger charge is 2.07. The lowest BCUT2D eigenvalue weighted by molar-refractivity contribution is -0.121. The van der Waals surface area contributed by atoms with Crippen molar-refractivity contribution in [3.05, 3.63) is 62.4 Å². The summed E-state index contributed by atoms with van der Waals surface area (Å²) in [5, 5.41) is 9.62. The van der Waals surface area contributed by atoms with Crippen LogP contribution in [0.2, 0.25) is 0 Å². The highest BCUT2D eigenvalue weighted by molar-refractivity contribution is 5.77. The summed E-state index contributed by atoms with van der Waals surface area (Å²) in [7, 11) is 0. The minimum atomic E-state index is -0.678. The number of rotatable bonds is 6. The van der Waals surface area contributed by atoms with Crippen molar-refractivity contribution in [2.24, 2.45) is 5.10 Å². The number of hydrogen-bond donors (Lipinski definition) is 3. The lowest BCUT2D eigenvalue weighted by atomic mass is 10.0. The van der Waals surface area contributed by atoms with E-state index in [4.69, 9.17) is 0 Å². The Hall–Kier alpha value is -3.03. The van der Waals surface area contributed by atoms with Gasteiger partial charge in [0.2, 0.25) is 5.91 Å². The van der Waals surface area contributed by atoms with Gasteiger partial charge in [-0.15, -0.1) is 0 Å². The van der Waals surface area contributed by atoms with Crippen LogP contribution in [0, 0.1) is 0 Å². The molecule has 0 saturated carbocycles. The van der Waals surface area contributed by atoms with E-state index >= 15 is 0 Å². The Morgan fingerprint density at radius 2 is 2.09 bits per heavy atom. The summed E-state index contributed by atoms with van der Waals surface area (Å²) in [5.74, 6) is -0.269. The molecule has 0 fully saturated rings. The third kappa shape index (κ3) is 5.03. The highest BCUT2D eigenvalue weighted by Crippen LogP contribution is 2.11. The predicted octanol–water partition coefficient (Wildman–Crippen LogP) is 0.297. The predicted molar refractivity (Wildman–Crippen MR) is 85.3 cm³/mol. The molecule has 0 aliphatic rings. The van der Waals surface area contributed by atoms with Crippen molar-refractivity contribution >= 4 is 12.1 Å². The fourth-order valence-electron chi connectivity index (χ4n) is 1.89. The Kier molecular flexibility index (Phi) is 5.56. The molecule has 3 N–H and O–H groups in total. The fourth-order valence-corrected chi connectivity index (χ4v) is 1.89. The van der Waals surface area contributed by atoms with E-state index in [9.17, 15) is 14.4 Å². The average Bonchev–Trinajstić information content (AvgIpc) is 2.54. The molecule has 23 heavy (non-hydrogen) atoms. The molecule has 1 unspecified atom stereocenters. The van der Waals surface area contributed by atoms with Crippen molar-refractivity contribution in [1.82, 2.24) is 20.6 Å². The molecule has 0 aliphatic carbocycles. The number of carbonyl (C=O) groups excluding carboxylic acids is 1. The van der Waals surface area contributed by atoms with Crippen LogP contribution in [0.4, 0.5) is 0 Å². The fraction of sp³-hybridized carbons (Fsp3) is 0.267. The van der Waals surface area contributed by atoms with Crippen molar-refractivity contribution in [3.63, 3.8) is 0 Å². The van der Waals surface area contributed by atoms with E-state index in [2.05, 4.69) is 20.7 Å². The molecule has 1 heterocycles. The molecule has 0 aliphatic heterocycles. The van der Waals surface area contributed by atoms with Gasteiger partial charge < -0.3 is 0 Å². The van der Waals surface area contributed by atoms with Gasteiger partial charge in [-0.2, -0.15) is 10.2 Å². The minimum Gasteiger partial charge on any atom is -0.273 e. The standard InChI is InChI=1S/C15H17N5O3/c1-10(11-5-3-2-4-6-11)9-16-19-13(21)8-7-12-14(22)17-15(23)20-18-12/h2-6,9-10H,7-8H2,1H3,(H,19,21)(H2,17,20,22,23). The number of aromatic nitrogens is 3. The molecule has 1 aromatic carbocycles. The maximum Gasteiger partial charge on any atom is 0.342 e. The number of hydrazone groups is 1. The quantitative estimate of drug-likeness (QED) is 0.524. The van der Waals surface area contributed by atoms with Crippen molar-refractivity contribution in [1.29, 1.82) is 0 Å². The molecule has 0 bridgehead atoms. The van der Waals surface area contributed by atoms with E-state index < -0.39 is 11.2 Å². The second-order valence-electron chi connectivity index (χ2n) is 4.97. The van der Waals surface area contributed by atoms with Crippen molar-refractivity contribution in [2.45, 2.75) is 25.7 Å². The van der Waals surface area contributed by atoms with Gasteiger partial charge >= 0.3 is 5.69 Å². The molecule has 0 spiro atoms. The normalized spacial score (nSPS) is 12.2. The van der Waals surface area contributed by atoms with Crippen LogP contribution in [0.25, 0.3) is 0 Å². The smallest absolute Gasteiger partial charge is 0.273 e. The Morgan fingerprint density at radius 3 is 2.78 bits per heavy atom. The summed E-state index contributed by atoms with van der Waals surface area (Å²) in [5.41, 5.74) is 2.32. The molecular weight excluding hydrogens is 298 g/mol. The van der Waals surface area contributed by atoms with Crippen LogP contribution in [0.15, 0.2) is 45.0 Å². The van der Waals surface area contributed by atoms with Gasteiger partial charge in [0.05, 0.1) is 0 Å². The van der Waals surface area contributed by atoms with E-state index in [1.165, 1.54) is 0 Å². The summed E-state index contributed by atoms with van der Waals surface area (Å²) >= 11 is 0. The number of aryl methyl sites for hydroxylation is 1. The lowest BCUT2D eigenvalue weighted by Gasteiger charge is -2.05. The topological polar surface area (TPSA) is 120 Å². The van der Waals surface area contributed by atoms with Crippen LogP contribution in [0.5, 0.6) is 0 Å². The van der Waals surface area contributed by atoms with Crippen LogP contribution in [0.1, 0.15) is 30.5 Å². The Labute approximate surface area is 131 Å². The Balaban J connectivity index is 1.82. The second-order valence-corrected chi connectivity index (χ2v) is 4.97. The molecule has 1 amide bonds. The van der Waals surface area contributed by atoms with E-state index in [1.807, 2.05) is 42.2 Å². The van der Waals surface area contributed by atoms with Gasteiger partial charge in [-0.05, 0) is 5.56 Å². The zero-order valence-corrected chi connectivity index (χ0v) is 12.6. The number of H-pyrrole nitrogens is 2. The summed E-state index contributed by atoms with van der Waals surface area (Å²) in [6.07, 6.45) is 1.79. The molecule has 0 saturated heterocycles. The molecule has 8 nitrogen and oxygen atoms in total. The van der Waals surface area contributed by atoms with Gasteiger partial charge in [0.1, 0.15) is 5.69 Å². The summed E-state index contributed by atoms with van der Waals surface area (Å²) in [6.45, 7) is 1.97. The molecule has 1 aromatic heterocycles. The SMILES string of the molecule is CC(C=NNC(=O)CCc1n[nH]c(=O)[nH]c1=O)c1ccccc1. The number of hydrogen-bond acceptors (Lipinski definition) is 5. The number of benzene rings is 1. The van der Waals surface area contributed by atoms with Gasteiger partial charge in [-0.25, -0.2) is 15.3 Å². The van der Waals surface area contributed by atoms with E-state index in [0.29, 0.717) is 0 Å². The first kappa shape index (κ1) is 16.3. The first-order valence-corrected chi connectivity index (χ1v) is 7.11. The molecule has 1 atom stereocenters. The summed E-state index contributed by atoms with van der Waals surface area (Å²) in [4.78, 5) is 36.0. The number of nitrogens with one attached hydrogen (secondary N) is 3. The van der Waals surface area contributed by atoms with Crippen molar-refractivity contribution in [3.8, 4) is 0 Å². The van der Waals surface area contributed by atoms with E-state index in [0.717, 1.165) is 5.56 Å². The summed E-state index contributed by atoms with van der Waals surface area (Å²) < 4.78 is 0. The minimum absolute atomic E-state index is 0.0409. The van der Waals surface area contributed by atoms with Gasteiger partial charge in [-0.1, -0.05) is 37.3 Å². The third-order valence-corrected chi connectivity index (χ3v) is 3.18. The van der Waals surface area contributed by atoms with Crippen LogP contribution < -0.4 is 16.7 Å². The van der Waals surface area contributed by atoms with Crippen LogP contribution in [-0.2, 0) is 11.2 Å². The van der Waals surface area contributed by atoms with Crippen LogP contribution in [-0.4, -0.2) is 27.3 Å². The number of nitrogens with zero attached hydrogens (tertiary/aromatic N) is 2. The molecular formula is C15H17N5O3. The highest BCUT2D eigenvalue weighted by atomic mass is 16.2. The third-order valence-electron chi connectivity index (χ3n) is 3.18. The number of carbonyl (C=O) groups is 1. The second kappa shape index (κ2) is 7.83. The average molecular weight is 315 g/mol. The molecule has 2 aromatic rings. The van der Waals surface area contributed by atoms with Crippen molar-refractivity contribution in [2.75, 3.05) is 0 Å². The van der Waals surface area contributed by atoms with Crippen LogP contribution in [0.3, 0.4) is 0 Å². The Bertz CT molecular complexity index is 795. The molecule has 2 rings (SSSR count).